The average Bonchev–Trinajstić information content (AvgIpc) is 2.93. The summed E-state index contributed by atoms with van der Waals surface area (Å²) in [6.45, 7) is 3.72. The van der Waals surface area contributed by atoms with Gasteiger partial charge in [-0.05, 0) is 54.9 Å². The van der Waals surface area contributed by atoms with Crippen molar-refractivity contribution in [2.45, 2.75) is 25.3 Å². The van der Waals surface area contributed by atoms with Crippen LogP contribution in [-0.2, 0) is 0 Å². The lowest BCUT2D eigenvalue weighted by Crippen LogP contribution is -2.51. The molecule has 1 aliphatic heterocycles. The molecule has 0 aliphatic carbocycles. The van der Waals surface area contributed by atoms with Crippen LogP contribution in [0, 0.1) is 0 Å². The highest BCUT2D eigenvalue weighted by Gasteiger charge is 2.31. The molecule has 0 spiro atoms. The maximum absolute atomic E-state index is 12.6. The lowest BCUT2D eigenvalue weighted by atomic mass is 9.90. The van der Waals surface area contributed by atoms with Crippen molar-refractivity contribution < 1.29 is 9.21 Å². The molecule has 112 valence electrons. The molecule has 0 bridgehead atoms. The van der Waals surface area contributed by atoms with Crippen LogP contribution in [0.3, 0.4) is 0 Å². The van der Waals surface area contributed by atoms with Gasteiger partial charge >= 0.3 is 0 Å². The Morgan fingerprint density at radius 3 is 2.71 bits per heavy atom. The predicted molar refractivity (Wildman–Crippen MR) is 86.5 cm³/mol. The Bertz CT molecular complexity index is 672. The second-order valence-electron chi connectivity index (χ2n) is 5.87. The van der Waals surface area contributed by atoms with Crippen LogP contribution in [0.1, 0.15) is 30.3 Å². The molecule has 4 nitrogen and oxygen atoms in total. The number of likely N-dealkylation sites (tertiary alicyclic amines) is 1. The molecule has 1 saturated heterocycles. The van der Waals surface area contributed by atoms with Crippen molar-refractivity contribution in [3.63, 3.8) is 0 Å². The van der Waals surface area contributed by atoms with Crippen molar-refractivity contribution in [3.05, 3.63) is 34.5 Å². The summed E-state index contributed by atoms with van der Waals surface area (Å²) in [4.78, 5) is 14.5. The minimum absolute atomic E-state index is 0.0174. The van der Waals surface area contributed by atoms with Crippen molar-refractivity contribution in [2.24, 2.45) is 0 Å². The Morgan fingerprint density at radius 1 is 1.38 bits per heavy atom. The maximum atomic E-state index is 12.6. The summed E-state index contributed by atoms with van der Waals surface area (Å²) >= 11 is 3.45. The first-order chi connectivity index (χ1) is 10.0. The molecular weight excluding hydrogens is 332 g/mol. The maximum Gasteiger partial charge on any atom is 0.289 e. The van der Waals surface area contributed by atoms with Crippen LogP contribution in [0.5, 0.6) is 0 Å². The number of rotatable bonds is 2. The van der Waals surface area contributed by atoms with E-state index in [4.69, 9.17) is 4.42 Å². The van der Waals surface area contributed by atoms with Crippen molar-refractivity contribution in [2.75, 3.05) is 20.1 Å². The van der Waals surface area contributed by atoms with E-state index in [0.29, 0.717) is 5.76 Å². The zero-order valence-corrected chi connectivity index (χ0v) is 13.9. The van der Waals surface area contributed by atoms with E-state index in [1.54, 1.807) is 0 Å². The summed E-state index contributed by atoms with van der Waals surface area (Å²) in [7, 11) is 1.98. The molecule has 5 heteroatoms. The van der Waals surface area contributed by atoms with E-state index in [9.17, 15) is 4.79 Å². The van der Waals surface area contributed by atoms with E-state index in [2.05, 4.69) is 28.2 Å². The van der Waals surface area contributed by atoms with Gasteiger partial charge in [0, 0.05) is 24.0 Å². The summed E-state index contributed by atoms with van der Waals surface area (Å²) in [5, 5.41) is 4.29. The first-order valence-corrected chi connectivity index (χ1v) is 7.98. The number of amides is 1. The first-order valence-electron chi connectivity index (χ1n) is 7.19. The van der Waals surface area contributed by atoms with Gasteiger partial charge in [0.1, 0.15) is 5.58 Å². The third-order valence-electron chi connectivity index (χ3n) is 4.46. The van der Waals surface area contributed by atoms with Crippen LogP contribution >= 0.6 is 15.9 Å². The zero-order chi connectivity index (χ0) is 15.0. The molecule has 0 atom stereocenters. The molecular formula is C16H19BrN2O2. The summed E-state index contributed by atoms with van der Waals surface area (Å²) in [5.74, 6) is 0.404. The van der Waals surface area contributed by atoms with Crippen molar-refractivity contribution >= 4 is 32.8 Å². The van der Waals surface area contributed by atoms with Gasteiger partial charge in [-0.2, -0.15) is 0 Å². The number of carbonyl (C=O) groups is 1. The first kappa shape index (κ1) is 14.6. The van der Waals surface area contributed by atoms with Crippen LogP contribution in [0.4, 0.5) is 0 Å². The van der Waals surface area contributed by atoms with Crippen molar-refractivity contribution in [1.82, 2.24) is 10.2 Å². The number of carbonyl (C=O) groups excluding carboxylic acids is 1. The second-order valence-corrected chi connectivity index (χ2v) is 6.73. The van der Waals surface area contributed by atoms with Crippen LogP contribution in [0.2, 0.25) is 0 Å². The molecule has 1 fully saturated rings. The molecule has 0 radical (unpaired) electrons. The Kier molecular flexibility index (Phi) is 3.80. The molecule has 2 heterocycles. The van der Waals surface area contributed by atoms with Crippen LogP contribution in [-0.4, -0.2) is 36.5 Å². The minimum Gasteiger partial charge on any atom is -0.450 e. The van der Waals surface area contributed by atoms with Crippen LogP contribution in [0.25, 0.3) is 11.0 Å². The van der Waals surface area contributed by atoms with Gasteiger partial charge in [0.05, 0.1) is 4.47 Å². The standard InChI is InChI=1S/C16H19BrN2O2/c1-16(18-2)6-8-19(9-7-16)15(20)13-10-11-4-3-5-12(17)14(11)21-13/h3-5,10,18H,6-9H2,1-2H3. The molecule has 1 amide bonds. The molecule has 3 rings (SSSR count). The van der Waals surface area contributed by atoms with Gasteiger partial charge in [-0.3, -0.25) is 4.79 Å². The molecule has 21 heavy (non-hydrogen) atoms. The van der Waals surface area contributed by atoms with E-state index in [1.807, 2.05) is 36.2 Å². The largest absolute Gasteiger partial charge is 0.450 e. The number of fused-ring (bicyclic) bond motifs is 1. The summed E-state index contributed by atoms with van der Waals surface area (Å²) in [6.07, 6.45) is 1.92. The van der Waals surface area contributed by atoms with Gasteiger partial charge in [-0.15, -0.1) is 0 Å². The smallest absolute Gasteiger partial charge is 0.289 e. The highest BCUT2D eigenvalue weighted by molar-refractivity contribution is 9.10. The quantitative estimate of drug-likeness (QED) is 0.902. The third-order valence-corrected chi connectivity index (χ3v) is 5.09. The van der Waals surface area contributed by atoms with Gasteiger partial charge in [0.2, 0.25) is 0 Å². The van der Waals surface area contributed by atoms with E-state index < -0.39 is 0 Å². The Labute approximate surface area is 132 Å². The van der Waals surface area contributed by atoms with E-state index in [0.717, 1.165) is 41.4 Å². The van der Waals surface area contributed by atoms with Crippen LogP contribution in [0.15, 0.2) is 33.2 Å². The average molecular weight is 351 g/mol. The monoisotopic (exact) mass is 350 g/mol. The number of nitrogens with zero attached hydrogens (tertiary/aromatic N) is 1. The number of benzene rings is 1. The Balaban J connectivity index is 1.80. The second kappa shape index (κ2) is 5.46. The van der Waals surface area contributed by atoms with Gasteiger partial charge in [0.15, 0.2) is 5.76 Å². The number of piperidine rings is 1. The molecule has 1 N–H and O–H groups in total. The predicted octanol–water partition coefficient (Wildman–Crippen LogP) is 3.41. The summed E-state index contributed by atoms with van der Waals surface area (Å²) in [5.41, 5.74) is 0.867. The molecule has 0 saturated carbocycles. The van der Waals surface area contributed by atoms with E-state index in [-0.39, 0.29) is 11.4 Å². The topological polar surface area (TPSA) is 45.5 Å². The fourth-order valence-corrected chi connectivity index (χ4v) is 3.20. The molecule has 1 aromatic heterocycles. The van der Waals surface area contributed by atoms with Gasteiger partial charge in [0.25, 0.3) is 5.91 Å². The fraction of sp³-hybridized carbons (Fsp3) is 0.438. The zero-order valence-electron chi connectivity index (χ0n) is 12.3. The highest BCUT2D eigenvalue weighted by atomic mass is 79.9. The Hall–Kier alpha value is -1.33. The van der Waals surface area contributed by atoms with Gasteiger partial charge in [-0.1, -0.05) is 12.1 Å². The minimum atomic E-state index is -0.0174. The molecule has 2 aromatic rings. The lowest BCUT2D eigenvalue weighted by molar-refractivity contribution is 0.0632. The van der Waals surface area contributed by atoms with Crippen molar-refractivity contribution in [1.29, 1.82) is 0 Å². The van der Waals surface area contributed by atoms with Crippen molar-refractivity contribution in [3.8, 4) is 0 Å². The number of furan rings is 1. The van der Waals surface area contributed by atoms with Gasteiger partial charge in [-0.25, -0.2) is 0 Å². The van der Waals surface area contributed by atoms with Crippen LogP contribution < -0.4 is 5.32 Å². The fourth-order valence-electron chi connectivity index (χ4n) is 2.74. The number of halogens is 1. The number of hydrogen-bond donors (Lipinski definition) is 1. The molecule has 0 unspecified atom stereocenters. The molecule has 1 aromatic carbocycles. The van der Waals surface area contributed by atoms with Gasteiger partial charge < -0.3 is 14.6 Å². The Morgan fingerprint density at radius 2 is 2.10 bits per heavy atom. The normalized spacial score (nSPS) is 18.1. The summed E-state index contributed by atoms with van der Waals surface area (Å²) in [6, 6.07) is 7.64. The lowest BCUT2D eigenvalue weighted by Gasteiger charge is -2.38. The number of para-hydroxylation sites is 1. The number of nitrogens with one attached hydrogen (secondary N) is 1. The van der Waals surface area contributed by atoms with E-state index >= 15 is 0 Å². The molecule has 1 aliphatic rings. The summed E-state index contributed by atoms with van der Waals surface area (Å²) < 4.78 is 6.61. The van der Waals surface area contributed by atoms with E-state index in [1.165, 1.54) is 0 Å². The SMILES string of the molecule is CNC1(C)CCN(C(=O)c2cc3cccc(Br)c3o2)CC1. The number of hydrogen-bond acceptors (Lipinski definition) is 3. The third kappa shape index (κ3) is 2.72. The highest BCUT2D eigenvalue weighted by Crippen LogP contribution is 2.29.